The highest BCUT2D eigenvalue weighted by atomic mass is 35.5. The summed E-state index contributed by atoms with van der Waals surface area (Å²) in [5.74, 6) is 0.254. The van der Waals surface area contributed by atoms with E-state index in [0.717, 1.165) is 29.0 Å². The van der Waals surface area contributed by atoms with E-state index >= 15 is 0 Å². The summed E-state index contributed by atoms with van der Waals surface area (Å²) in [6.45, 7) is 0.569. The highest BCUT2D eigenvalue weighted by Crippen LogP contribution is 2.42. The van der Waals surface area contributed by atoms with Gasteiger partial charge in [0.25, 0.3) is 5.91 Å². The standard InChI is InChI=1S/C22H18ClN5OS/c23-17-10-8-15(9-11-17)19-18(13-28(27-19)12-14-4-2-1-3-5-14)20(29)24-22-26-25-21(30-22)16-6-7-16/h1-5,8-11,13,16H,6-7,12H2,(H,24,26,29). The van der Waals surface area contributed by atoms with Crippen LogP contribution in [0.5, 0.6) is 0 Å². The van der Waals surface area contributed by atoms with Gasteiger partial charge in [-0.15, -0.1) is 10.2 Å². The van der Waals surface area contributed by atoms with Gasteiger partial charge in [0.1, 0.15) is 10.7 Å². The van der Waals surface area contributed by atoms with Crippen LogP contribution in [0.2, 0.25) is 5.02 Å². The highest BCUT2D eigenvalue weighted by molar-refractivity contribution is 7.15. The summed E-state index contributed by atoms with van der Waals surface area (Å²) in [6.07, 6.45) is 4.07. The molecule has 1 aliphatic rings. The molecule has 6 nitrogen and oxygen atoms in total. The second-order valence-corrected chi connectivity index (χ2v) is 8.70. The first-order valence-electron chi connectivity index (χ1n) is 9.68. The number of amides is 1. The predicted molar refractivity (Wildman–Crippen MR) is 118 cm³/mol. The van der Waals surface area contributed by atoms with Crippen LogP contribution in [-0.2, 0) is 6.54 Å². The second kappa shape index (κ2) is 8.01. The molecule has 1 N–H and O–H groups in total. The minimum absolute atomic E-state index is 0.252. The summed E-state index contributed by atoms with van der Waals surface area (Å²) in [5.41, 5.74) is 3.02. The van der Waals surface area contributed by atoms with Gasteiger partial charge in [-0.1, -0.05) is 65.4 Å². The quantitative estimate of drug-likeness (QED) is 0.450. The van der Waals surface area contributed by atoms with Gasteiger partial charge in [-0.2, -0.15) is 5.10 Å². The van der Waals surface area contributed by atoms with E-state index in [0.29, 0.717) is 33.9 Å². The lowest BCUT2D eigenvalue weighted by Crippen LogP contribution is -2.12. The summed E-state index contributed by atoms with van der Waals surface area (Å²) >= 11 is 7.48. The fourth-order valence-electron chi connectivity index (χ4n) is 3.20. The van der Waals surface area contributed by atoms with Gasteiger partial charge >= 0.3 is 0 Å². The van der Waals surface area contributed by atoms with E-state index in [1.54, 1.807) is 23.0 Å². The third-order valence-electron chi connectivity index (χ3n) is 4.90. The van der Waals surface area contributed by atoms with Crippen molar-refractivity contribution in [2.75, 3.05) is 5.32 Å². The molecule has 0 aliphatic heterocycles. The zero-order valence-electron chi connectivity index (χ0n) is 16.0. The Labute approximate surface area is 182 Å². The molecule has 30 heavy (non-hydrogen) atoms. The molecule has 0 atom stereocenters. The highest BCUT2D eigenvalue weighted by Gasteiger charge is 2.28. The number of benzene rings is 2. The Hall–Kier alpha value is -3.03. The van der Waals surface area contributed by atoms with Crippen LogP contribution in [0.25, 0.3) is 11.3 Å². The van der Waals surface area contributed by atoms with Crippen molar-refractivity contribution in [2.24, 2.45) is 0 Å². The molecule has 1 aliphatic carbocycles. The number of nitrogens with zero attached hydrogens (tertiary/aromatic N) is 4. The molecule has 0 saturated heterocycles. The molecule has 5 rings (SSSR count). The van der Waals surface area contributed by atoms with Crippen molar-refractivity contribution in [1.82, 2.24) is 20.0 Å². The molecule has 8 heteroatoms. The number of hydrogen-bond acceptors (Lipinski definition) is 5. The summed E-state index contributed by atoms with van der Waals surface area (Å²) in [5, 5.41) is 18.0. The molecule has 2 aromatic heterocycles. The Balaban J connectivity index is 1.46. The number of halogens is 1. The molecule has 0 bridgehead atoms. The lowest BCUT2D eigenvalue weighted by molar-refractivity contribution is 0.102. The smallest absolute Gasteiger partial charge is 0.261 e. The molecule has 0 radical (unpaired) electrons. The van der Waals surface area contributed by atoms with Gasteiger partial charge in [-0.05, 0) is 30.5 Å². The molecular weight excluding hydrogens is 418 g/mol. The van der Waals surface area contributed by atoms with Crippen LogP contribution < -0.4 is 5.32 Å². The maximum atomic E-state index is 13.1. The number of nitrogens with one attached hydrogen (secondary N) is 1. The van der Waals surface area contributed by atoms with Gasteiger partial charge in [0.2, 0.25) is 5.13 Å². The second-order valence-electron chi connectivity index (χ2n) is 7.26. The average molecular weight is 436 g/mol. The van der Waals surface area contributed by atoms with Crippen LogP contribution in [0.4, 0.5) is 5.13 Å². The molecule has 1 amide bonds. The zero-order chi connectivity index (χ0) is 20.5. The monoisotopic (exact) mass is 435 g/mol. The van der Waals surface area contributed by atoms with Gasteiger partial charge in [0.15, 0.2) is 0 Å². The van der Waals surface area contributed by atoms with Crippen molar-refractivity contribution < 1.29 is 4.79 Å². The van der Waals surface area contributed by atoms with Gasteiger partial charge in [-0.3, -0.25) is 14.8 Å². The fraction of sp³-hybridized carbons (Fsp3) is 0.182. The lowest BCUT2D eigenvalue weighted by Gasteiger charge is -2.02. The van der Waals surface area contributed by atoms with Gasteiger partial charge in [0.05, 0.1) is 12.1 Å². The largest absolute Gasteiger partial charge is 0.296 e. The Morgan fingerprint density at radius 3 is 2.60 bits per heavy atom. The Kier molecular flexibility index (Phi) is 5.06. The van der Waals surface area contributed by atoms with Crippen molar-refractivity contribution in [3.05, 3.63) is 82.0 Å². The van der Waals surface area contributed by atoms with Gasteiger partial charge in [-0.25, -0.2) is 0 Å². The first-order valence-corrected chi connectivity index (χ1v) is 10.9. The van der Waals surface area contributed by atoms with Crippen LogP contribution in [0.15, 0.2) is 60.8 Å². The maximum absolute atomic E-state index is 13.1. The Bertz CT molecular complexity index is 1180. The molecule has 1 fully saturated rings. The van der Waals surface area contributed by atoms with Crippen LogP contribution in [0.3, 0.4) is 0 Å². The number of rotatable bonds is 6. The van der Waals surface area contributed by atoms with E-state index in [9.17, 15) is 4.79 Å². The average Bonchev–Trinajstić information content (AvgIpc) is 3.36. The third kappa shape index (κ3) is 4.13. The Morgan fingerprint density at radius 1 is 1.10 bits per heavy atom. The first kappa shape index (κ1) is 19.0. The van der Waals surface area contributed by atoms with E-state index in [1.165, 1.54) is 11.3 Å². The molecule has 2 aromatic carbocycles. The fourth-order valence-corrected chi connectivity index (χ4v) is 4.24. The SMILES string of the molecule is O=C(Nc1nnc(C2CC2)s1)c1cn(Cc2ccccc2)nc1-c1ccc(Cl)cc1. The predicted octanol–water partition coefficient (Wildman–Crippen LogP) is 5.23. The number of carbonyl (C=O) groups excluding carboxylic acids is 1. The first-order chi connectivity index (χ1) is 14.7. The summed E-state index contributed by atoms with van der Waals surface area (Å²) < 4.78 is 1.78. The zero-order valence-corrected chi connectivity index (χ0v) is 17.5. The number of aromatic nitrogens is 4. The van der Waals surface area contributed by atoms with Gasteiger partial charge < -0.3 is 0 Å². The van der Waals surface area contributed by atoms with Gasteiger partial charge in [0, 0.05) is 22.7 Å². The van der Waals surface area contributed by atoms with E-state index < -0.39 is 0 Å². The maximum Gasteiger partial charge on any atom is 0.261 e. The van der Waals surface area contributed by atoms with Crippen molar-refractivity contribution in [1.29, 1.82) is 0 Å². The molecular formula is C22H18ClN5OS. The number of carbonyl (C=O) groups is 1. The van der Waals surface area contributed by atoms with Crippen molar-refractivity contribution in [2.45, 2.75) is 25.3 Å². The molecule has 2 heterocycles. The van der Waals surface area contributed by atoms with Crippen LogP contribution in [0.1, 0.15) is 39.7 Å². The van der Waals surface area contributed by atoms with E-state index in [4.69, 9.17) is 16.7 Å². The Morgan fingerprint density at radius 2 is 1.87 bits per heavy atom. The normalized spacial score (nSPS) is 13.4. The molecule has 4 aromatic rings. The topological polar surface area (TPSA) is 72.7 Å². The minimum Gasteiger partial charge on any atom is -0.296 e. The molecule has 0 unspecified atom stereocenters. The lowest BCUT2D eigenvalue weighted by atomic mass is 10.1. The third-order valence-corrected chi connectivity index (χ3v) is 6.15. The van der Waals surface area contributed by atoms with E-state index in [1.807, 2.05) is 42.5 Å². The van der Waals surface area contributed by atoms with Crippen molar-refractivity contribution in [3.63, 3.8) is 0 Å². The minimum atomic E-state index is -0.252. The summed E-state index contributed by atoms with van der Waals surface area (Å²) in [7, 11) is 0. The van der Waals surface area contributed by atoms with E-state index in [-0.39, 0.29) is 5.91 Å². The van der Waals surface area contributed by atoms with Crippen LogP contribution >= 0.6 is 22.9 Å². The molecule has 1 saturated carbocycles. The van der Waals surface area contributed by atoms with Crippen molar-refractivity contribution >= 4 is 34.0 Å². The number of hydrogen-bond donors (Lipinski definition) is 1. The van der Waals surface area contributed by atoms with Crippen LogP contribution in [0, 0.1) is 0 Å². The number of anilines is 1. The van der Waals surface area contributed by atoms with Crippen LogP contribution in [-0.4, -0.2) is 25.9 Å². The summed E-state index contributed by atoms with van der Waals surface area (Å²) in [4.78, 5) is 13.1. The molecule has 0 spiro atoms. The summed E-state index contributed by atoms with van der Waals surface area (Å²) in [6, 6.07) is 17.3. The van der Waals surface area contributed by atoms with Crippen molar-refractivity contribution in [3.8, 4) is 11.3 Å². The van der Waals surface area contributed by atoms with E-state index in [2.05, 4.69) is 15.5 Å². The molecule has 150 valence electrons.